The van der Waals surface area contributed by atoms with Crippen LogP contribution in [0.1, 0.15) is 45.1 Å². The van der Waals surface area contributed by atoms with E-state index in [2.05, 4.69) is 28.5 Å². The first-order valence-corrected chi connectivity index (χ1v) is 11.9. The molecule has 1 N–H and O–H groups in total. The minimum absolute atomic E-state index is 0.331. The Kier molecular flexibility index (Phi) is 6.26. The van der Waals surface area contributed by atoms with E-state index in [4.69, 9.17) is 0 Å². The second-order valence-corrected chi connectivity index (χ2v) is 11.7. The lowest BCUT2D eigenvalue weighted by atomic mass is 10.1. The van der Waals surface area contributed by atoms with E-state index in [9.17, 15) is 8.42 Å². The van der Waals surface area contributed by atoms with Crippen LogP contribution >= 0.6 is 11.3 Å². The third-order valence-corrected chi connectivity index (χ3v) is 7.52. The quantitative estimate of drug-likeness (QED) is 0.603. The molecule has 3 rings (SSSR count). The van der Waals surface area contributed by atoms with Gasteiger partial charge in [0, 0.05) is 41.1 Å². The minimum Gasteiger partial charge on any atom is -0.333 e. The van der Waals surface area contributed by atoms with Crippen LogP contribution < -0.4 is 4.72 Å². The van der Waals surface area contributed by atoms with Crippen LogP contribution in [0, 0.1) is 5.92 Å². The Balaban J connectivity index is 1.97. The van der Waals surface area contributed by atoms with Crippen molar-refractivity contribution in [1.29, 1.82) is 0 Å². The predicted octanol–water partition coefficient (Wildman–Crippen LogP) is 4.33. The first-order chi connectivity index (χ1) is 13.5. The van der Waals surface area contributed by atoms with Crippen molar-refractivity contribution in [2.24, 2.45) is 5.92 Å². The van der Waals surface area contributed by atoms with Gasteiger partial charge < -0.3 is 4.57 Å². The fraction of sp³-hybridized carbons (Fsp3) is 0.429. The van der Waals surface area contributed by atoms with Crippen molar-refractivity contribution in [3.63, 3.8) is 0 Å². The first kappa shape index (κ1) is 21.7. The van der Waals surface area contributed by atoms with Gasteiger partial charge in [-0.25, -0.2) is 18.1 Å². The molecule has 0 bridgehead atoms. The molecule has 0 atom stereocenters. The van der Waals surface area contributed by atoms with Gasteiger partial charge in [-0.15, -0.1) is 11.3 Å². The molecule has 0 aliphatic rings. The first-order valence-electron chi connectivity index (χ1n) is 9.61. The molecule has 0 radical (unpaired) electrons. The average Bonchev–Trinajstić information content (AvgIpc) is 3.23. The van der Waals surface area contributed by atoms with E-state index in [1.54, 1.807) is 18.7 Å². The number of nitrogens with one attached hydrogen (secondary N) is 1. The molecule has 0 aromatic carbocycles. The fourth-order valence-corrected chi connectivity index (χ4v) is 6.36. The van der Waals surface area contributed by atoms with Crippen LogP contribution in [0.2, 0.25) is 0 Å². The summed E-state index contributed by atoms with van der Waals surface area (Å²) in [5.74, 6) is 0.443. The maximum absolute atomic E-state index is 13.1. The number of thiophene rings is 1. The van der Waals surface area contributed by atoms with E-state index in [1.807, 2.05) is 49.7 Å². The Morgan fingerprint density at radius 1 is 1.24 bits per heavy atom. The zero-order valence-corrected chi connectivity index (χ0v) is 19.1. The summed E-state index contributed by atoms with van der Waals surface area (Å²) in [7, 11) is -3.65. The molecule has 0 aliphatic carbocycles. The van der Waals surface area contributed by atoms with Crippen LogP contribution in [0.5, 0.6) is 0 Å². The number of aromatic nitrogens is 3. The lowest BCUT2D eigenvalue weighted by Gasteiger charge is -2.20. The SMILES string of the molecule is CC(C)Cc1cc(-c2ccc(Cn3ccnc3)cn2)c(S(=O)(=O)NC(C)(C)C)s1. The van der Waals surface area contributed by atoms with Gasteiger partial charge in [0.2, 0.25) is 0 Å². The molecule has 0 aliphatic heterocycles. The number of hydrogen-bond acceptors (Lipinski definition) is 5. The number of nitrogens with zero attached hydrogens (tertiary/aromatic N) is 3. The molecule has 29 heavy (non-hydrogen) atoms. The fourth-order valence-electron chi connectivity index (χ4n) is 3.02. The zero-order chi connectivity index (χ0) is 21.2. The van der Waals surface area contributed by atoms with E-state index in [-0.39, 0.29) is 0 Å². The van der Waals surface area contributed by atoms with Crippen molar-refractivity contribution < 1.29 is 8.42 Å². The standard InChI is InChI=1S/C21H28N4O2S2/c1-15(2)10-17-11-18(20(28-17)29(26,27)24-21(3,4)5)19-7-6-16(12-23-19)13-25-9-8-22-14-25/h6-9,11-12,14-15,24H,10,13H2,1-5H3. The molecule has 6 nitrogen and oxygen atoms in total. The van der Waals surface area contributed by atoms with Crippen molar-refractivity contribution in [3.05, 3.63) is 53.6 Å². The average molecular weight is 433 g/mol. The van der Waals surface area contributed by atoms with Gasteiger partial charge in [-0.05, 0) is 50.8 Å². The topological polar surface area (TPSA) is 76.9 Å². The highest BCUT2D eigenvalue weighted by Gasteiger charge is 2.28. The largest absolute Gasteiger partial charge is 0.333 e. The maximum atomic E-state index is 13.1. The Morgan fingerprint density at radius 2 is 2.00 bits per heavy atom. The molecule has 0 spiro atoms. The molecular formula is C21H28N4O2S2. The molecule has 0 saturated heterocycles. The van der Waals surface area contributed by atoms with Crippen molar-refractivity contribution in [3.8, 4) is 11.3 Å². The van der Waals surface area contributed by atoms with Crippen LogP contribution in [-0.4, -0.2) is 28.5 Å². The van der Waals surface area contributed by atoms with Crippen molar-refractivity contribution in [2.75, 3.05) is 0 Å². The highest BCUT2D eigenvalue weighted by molar-refractivity contribution is 7.91. The normalized spacial score (nSPS) is 12.6. The summed E-state index contributed by atoms with van der Waals surface area (Å²) in [6.07, 6.45) is 8.02. The van der Waals surface area contributed by atoms with E-state index in [0.717, 1.165) is 16.9 Å². The van der Waals surface area contributed by atoms with E-state index >= 15 is 0 Å². The van der Waals surface area contributed by atoms with Crippen molar-refractivity contribution >= 4 is 21.4 Å². The molecule has 0 saturated carbocycles. The Morgan fingerprint density at radius 3 is 2.55 bits per heavy atom. The molecule has 156 valence electrons. The molecule has 3 heterocycles. The molecule has 0 fully saturated rings. The molecule has 8 heteroatoms. The summed E-state index contributed by atoms with van der Waals surface area (Å²) in [6, 6.07) is 5.85. The van der Waals surface area contributed by atoms with E-state index in [0.29, 0.717) is 27.9 Å². The molecule has 3 aromatic heterocycles. The van der Waals surface area contributed by atoms with Gasteiger partial charge in [0.15, 0.2) is 0 Å². The zero-order valence-electron chi connectivity index (χ0n) is 17.5. The second-order valence-electron chi connectivity index (χ2n) is 8.65. The van der Waals surface area contributed by atoms with Crippen LogP contribution in [0.3, 0.4) is 0 Å². The van der Waals surface area contributed by atoms with Crippen molar-refractivity contribution in [1.82, 2.24) is 19.3 Å². The molecule has 0 unspecified atom stereocenters. The van der Waals surface area contributed by atoms with Gasteiger partial charge >= 0.3 is 0 Å². The van der Waals surface area contributed by atoms with E-state index in [1.165, 1.54) is 11.3 Å². The van der Waals surface area contributed by atoms with Crippen LogP contribution in [0.15, 0.2) is 47.3 Å². The summed E-state index contributed by atoms with van der Waals surface area (Å²) < 4.78 is 31.2. The minimum atomic E-state index is -3.65. The lowest BCUT2D eigenvalue weighted by molar-refractivity contribution is 0.493. The highest BCUT2D eigenvalue weighted by atomic mass is 32.2. The Hall–Kier alpha value is -2.03. The van der Waals surface area contributed by atoms with Gasteiger partial charge in [-0.2, -0.15) is 0 Å². The van der Waals surface area contributed by atoms with Gasteiger partial charge in [0.25, 0.3) is 10.0 Å². The summed E-state index contributed by atoms with van der Waals surface area (Å²) in [5, 5.41) is 0. The number of hydrogen-bond donors (Lipinski definition) is 1. The maximum Gasteiger partial charge on any atom is 0.251 e. The van der Waals surface area contributed by atoms with Crippen LogP contribution in [-0.2, 0) is 23.0 Å². The van der Waals surface area contributed by atoms with Crippen LogP contribution in [0.25, 0.3) is 11.3 Å². The second kappa shape index (κ2) is 8.38. The number of rotatable bonds is 7. The Labute approximate surface area is 177 Å². The van der Waals surface area contributed by atoms with Crippen LogP contribution in [0.4, 0.5) is 0 Å². The summed E-state index contributed by atoms with van der Waals surface area (Å²) in [4.78, 5) is 9.67. The summed E-state index contributed by atoms with van der Waals surface area (Å²) >= 11 is 1.34. The Bertz CT molecular complexity index is 1050. The lowest BCUT2D eigenvalue weighted by Crippen LogP contribution is -2.40. The van der Waals surface area contributed by atoms with Gasteiger partial charge in [-0.1, -0.05) is 19.9 Å². The smallest absolute Gasteiger partial charge is 0.251 e. The van der Waals surface area contributed by atoms with Gasteiger partial charge in [-0.3, -0.25) is 4.98 Å². The summed E-state index contributed by atoms with van der Waals surface area (Å²) in [5.41, 5.74) is 1.80. The molecule has 0 amide bonds. The number of sulfonamides is 1. The third kappa shape index (κ3) is 5.74. The number of imidazole rings is 1. The predicted molar refractivity (Wildman–Crippen MR) is 117 cm³/mol. The van der Waals surface area contributed by atoms with Gasteiger partial charge in [0.1, 0.15) is 4.21 Å². The number of pyridine rings is 1. The van der Waals surface area contributed by atoms with Gasteiger partial charge in [0.05, 0.1) is 12.0 Å². The third-order valence-electron chi connectivity index (χ3n) is 4.07. The molecular weight excluding hydrogens is 404 g/mol. The molecule has 3 aromatic rings. The van der Waals surface area contributed by atoms with E-state index < -0.39 is 15.6 Å². The monoisotopic (exact) mass is 432 g/mol. The highest BCUT2D eigenvalue weighted by Crippen LogP contribution is 2.36. The summed E-state index contributed by atoms with van der Waals surface area (Å²) in [6.45, 7) is 10.5. The van der Waals surface area contributed by atoms with Crippen molar-refractivity contribution in [2.45, 2.75) is 57.3 Å².